The summed E-state index contributed by atoms with van der Waals surface area (Å²) in [5.74, 6) is -0.702. The Morgan fingerprint density at radius 3 is 2.30 bits per heavy atom. The van der Waals surface area contributed by atoms with Gasteiger partial charge in [0, 0.05) is 11.3 Å². The van der Waals surface area contributed by atoms with Crippen LogP contribution in [0.25, 0.3) is 22.3 Å². The molecule has 1 heterocycles. The van der Waals surface area contributed by atoms with Crippen LogP contribution in [0.4, 0.5) is 11.4 Å². The number of nitrogens with one attached hydrogen (secondary N) is 2. The van der Waals surface area contributed by atoms with E-state index in [2.05, 4.69) is 15.3 Å². The van der Waals surface area contributed by atoms with Crippen LogP contribution in [-0.4, -0.2) is 21.0 Å². The molecular weight excluding hydrogens is 342 g/mol. The van der Waals surface area contributed by atoms with Gasteiger partial charge in [0.2, 0.25) is 0 Å². The van der Waals surface area contributed by atoms with Crippen molar-refractivity contribution in [3.63, 3.8) is 0 Å². The molecule has 0 fully saturated rings. The van der Waals surface area contributed by atoms with Crippen molar-refractivity contribution in [3.05, 3.63) is 88.7 Å². The van der Waals surface area contributed by atoms with Crippen LogP contribution in [0.2, 0.25) is 0 Å². The maximum absolute atomic E-state index is 12.6. The lowest BCUT2D eigenvalue weighted by Crippen LogP contribution is -2.12. The van der Waals surface area contributed by atoms with Crippen molar-refractivity contribution in [2.45, 2.75) is 0 Å². The molecule has 4 aromatic rings. The van der Waals surface area contributed by atoms with E-state index in [0.29, 0.717) is 22.4 Å². The molecule has 4 rings (SSSR count). The predicted octanol–water partition coefficient (Wildman–Crippen LogP) is 4.03. The highest BCUT2D eigenvalue weighted by Gasteiger charge is 2.15. The van der Waals surface area contributed by atoms with Gasteiger partial charge in [-0.3, -0.25) is 4.79 Å². The molecule has 0 spiro atoms. The summed E-state index contributed by atoms with van der Waals surface area (Å²) in [6.07, 6.45) is 0. The summed E-state index contributed by atoms with van der Waals surface area (Å²) >= 11 is 0. The lowest BCUT2D eigenvalue weighted by atomic mass is 10.1. The van der Waals surface area contributed by atoms with Crippen molar-refractivity contribution < 1.29 is 9.90 Å². The van der Waals surface area contributed by atoms with Gasteiger partial charge >= 0.3 is 5.97 Å². The number of aromatic nitrogens is 2. The van der Waals surface area contributed by atoms with Crippen molar-refractivity contribution in [2.24, 2.45) is 0 Å². The van der Waals surface area contributed by atoms with Crippen molar-refractivity contribution in [1.29, 1.82) is 0 Å². The lowest BCUT2D eigenvalue weighted by Gasteiger charge is -2.11. The summed E-state index contributed by atoms with van der Waals surface area (Å²) in [6.45, 7) is 0. The Morgan fingerprint density at radius 2 is 1.63 bits per heavy atom. The third-order valence-corrected chi connectivity index (χ3v) is 4.18. The average molecular weight is 357 g/mol. The maximum Gasteiger partial charge on any atom is 0.337 e. The number of carbonyl (C=O) groups is 1. The molecule has 6 heteroatoms. The first-order valence-electron chi connectivity index (χ1n) is 8.31. The third kappa shape index (κ3) is 3.28. The van der Waals surface area contributed by atoms with E-state index in [9.17, 15) is 14.7 Å². The summed E-state index contributed by atoms with van der Waals surface area (Å²) < 4.78 is 0. The zero-order valence-electron chi connectivity index (χ0n) is 14.1. The molecule has 0 amide bonds. The van der Waals surface area contributed by atoms with E-state index < -0.39 is 5.97 Å². The Kier molecular flexibility index (Phi) is 4.14. The normalized spacial score (nSPS) is 10.7. The summed E-state index contributed by atoms with van der Waals surface area (Å²) in [6, 6.07) is 21.3. The highest BCUT2D eigenvalue weighted by molar-refractivity contribution is 6.00. The van der Waals surface area contributed by atoms with Crippen molar-refractivity contribution in [3.8, 4) is 11.4 Å². The fourth-order valence-electron chi connectivity index (χ4n) is 2.88. The molecule has 3 N–H and O–H groups in total. The zero-order chi connectivity index (χ0) is 18.8. The van der Waals surface area contributed by atoms with E-state index in [1.165, 1.54) is 12.1 Å². The molecule has 0 aliphatic heterocycles. The van der Waals surface area contributed by atoms with Gasteiger partial charge in [0.1, 0.15) is 5.82 Å². The van der Waals surface area contributed by atoms with Gasteiger partial charge in [-0.1, -0.05) is 48.5 Å². The maximum atomic E-state index is 12.6. The van der Waals surface area contributed by atoms with Crippen molar-refractivity contribution >= 4 is 28.2 Å². The number of aromatic carboxylic acids is 1. The Balaban J connectivity index is 1.89. The molecule has 6 nitrogen and oxygen atoms in total. The first kappa shape index (κ1) is 16.5. The van der Waals surface area contributed by atoms with Crippen molar-refractivity contribution in [1.82, 2.24) is 9.97 Å². The van der Waals surface area contributed by atoms with E-state index in [0.717, 1.165) is 11.3 Å². The second-order valence-corrected chi connectivity index (χ2v) is 5.99. The summed E-state index contributed by atoms with van der Waals surface area (Å²) in [5, 5.41) is 13.0. The molecule has 0 bridgehead atoms. The van der Waals surface area contributed by atoms with Gasteiger partial charge in [-0.2, -0.15) is 0 Å². The summed E-state index contributed by atoms with van der Waals surface area (Å²) in [5.41, 5.74) is 1.86. The van der Waals surface area contributed by atoms with E-state index in [1.54, 1.807) is 0 Å². The molecule has 27 heavy (non-hydrogen) atoms. The molecule has 0 radical (unpaired) electrons. The SMILES string of the molecule is O=C(O)c1cc2nc(-c3ccccc3)[nH]c(=O)c2cc1Nc1ccccc1. The smallest absolute Gasteiger partial charge is 0.337 e. The molecule has 0 saturated heterocycles. The number of carboxylic acid groups (broad SMARTS) is 1. The molecule has 3 aromatic carbocycles. The molecule has 1 aromatic heterocycles. The zero-order valence-corrected chi connectivity index (χ0v) is 14.1. The Hall–Kier alpha value is -3.93. The van der Waals surface area contributed by atoms with Crippen LogP contribution in [0.5, 0.6) is 0 Å². The Bertz CT molecular complexity index is 1190. The first-order chi connectivity index (χ1) is 13.1. The number of carboxylic acids is 1. The third-order valence-electron chi connectivity index (χ3n) is 4.18. The number of anilines is 2. The van der Waals surface area contributed by atoms with Gasteiger partial charge in [0.15, 0.2) is 0 Å². The van der Waals surface area contributed by atoms with E-state index in [4.69, 9.17) is 0 Å². The van der Waals surface area contributed by atoms with Crippen molar-refractivity contribution in [2.75, 3.05) is 5.32 Å². The second kappa shape index (κ2) is 6.76. The number of benzene rings is 3. The monoisotopic (exact) mass is 357 g/mol. The largest absolute Gasteiger partial charge is 0.478 e. The minimum Gasteiger partial charge on any atom is -0.478 e. The van der Waals surface area contributed by atoms with Crippen LogP contribution in [0.15, 0.2) is 77.6 Å². The molecular formula is C21H15N3O3. The van der Waals surface area contributed by atoms with Gasteiger partial charge in [0.25, 0.3) is 5.56 Å². The Morgan fingerprint density at radius 1 is 0.963 bits per heavy atom. The molecule has 0 saturated carbocycles. The quantitative estimate of drug-likeness (QED) is 0.512. The lowest BCUT2D eigenvalue weighted by molar-refractivity contribution is 0.0698. The average Bonchev–Trinajstić information content (AvgIpc) is 2.69. The minimum atomic E-state index is -1.10. The van der Waals surface area contributed by atoms with Crippen LogP contribution in [0.1, 0.15) is 10.4 Å². The standard InChI is InChI=1S/C21H15N3O3/c25-20-15-11-18(22-14-9-5-2-6-10-14)16(21(26)27)12-17(15)23-19(24-20)13-7-3-1-4-8-13/h1-12,22H,(H,26,27)(H,23,24,25). The van der Waals surface area contributed by atoms with Gasteiger partial charge in [-0.05, 0) is 24.3 Å². The predicted molar refractivity (Wildman–Crippen MR) is 104 cm³/mol. The molecule has 0 atom stereocenters. The number of H-pyrrole nitrogens is 1. The van der Waals surface area contributed by atoms with Gasteiger partial charge in [-0.15, -0.1) is 0 Å². The van der Waals surface area contributed by atoms with Gasteiger partial charge in [0.05, 0.1) is 22.2 Å². The van der Waals surface area contributed by atoms with Crippen LogP contribution in [0.3, 0.4) is 0 Å². The molecule has 0 aliphatic rings. The second-order valence-electron chi connectivity index (χ2n) is 5.99. The van der Waals surface area contributed by atoms with Gasteiger partial charge in [-0.25, -0.2) is 9.78 Å². The number of hydrogen-bond acceptors (Lipinski definition) is 4. The number of para-hydroxylation sites is 1. The molecule has 0 aliphatic carbocycles. The topological polar surface area (TPSA) is 95.1 Å². The van der Waals surface area contributed by atoms with Crippen LogP contribution in [-0.2, 0) is 0 Å². The molecule has 132 valence electrons. The highest BCUT2D eigenvalue weighted by Crippen LogP contribution is 2.26. The Labute approximate surface area is 154 Å². The fraction of sp³-hybridized carbons (Fsp3) is 0. The van der Waals surface area contributed by atoms with E-state index in [1.807, 2.05) is 60.7 Å². The number of nitrogens with zero attached hydrogens (tertiary/aromatic N) is 1. The van der Waals surface area contributed by atoms with Crippen LogP contribution in [0, 0.1) is 0 Å². The summed E-state index contributed by atoms with van der Waals surface area (Å²) in [7, 11) is 0. The summed E-state index contributed by atoms with van der Waals surface area (Å²) in [4.78, 5) is 31.5. The van der Waals surface area contributed by atoms with Crippen LogP contribution >= 0.6 is 0 Å². The fourth-order valence-corrected chi connectivity index (χ4v) is 2.88. The van der Waals surface area contributed by atoms with Crippen LogP contribution < -0.4 is 10.9 Å². The van der Waals surface area contributed by atoms with Gasteiger partial charge < -0.3 is 15.4 Å². The van der Waals surface area contributed by atoms with E-state index >= 15 is 0 Å². The highest BCUT2D eigenvalue weighted by atomic mass is 16.4. The number of hydrogen-bond donors (Lipinski definition) is 3. The first-order valence-corrected chi connectivity index (χ1v) is 8.31. The number of fused-ring (bicyclic) bond motifs is 1. The number of rotatable bonds is 4. The van der Waals surface area contributed by atoms with E-state index in [-0.39, 0.29) is 11.1 Å². The molecule has 0 unspecified atom stereocenters. The minimum absolute atomic E-state index is 0.0449. The number of aromatic amines is 1.